The fraction of sp³-hybridized carbons (Fsp3) is 0.562. The van der Waals surface area contributed by atoms with Gasteiger partial charge in [-0.2, -0.15) is 18.2 Å². The van der Waals surface area contributed by atoms with Crippen molar-refractivity contribution < 1.29 is 42.4 Å². The molecular weight excluding hydrogens is 459 g/mol. The molecule has 17 heteroatoms. The molecule has 0 aliphatic carbocycles. The minimum absolute atomic E-state index is 0.00509. The summed E-state index contributed by atoms with van der Waals surface area (Å²) in [7, 11) is 0. The smallest absolute Gasteiger partial charge is 0.394 e. The average molecular weight is 479 g/mol. The van der Waals surface area contributed by atoms with Crippen LogP contribution in [0.3, 0.4) is 0 Å². The number of alkyl halides is 3. The number of imidazole rings is 1. The Morgan fingerprint density at radius 3 is 2.70 bits per heavy atom. The zero-order valence-electron chi connectivity index (χ0n) is 16.7. The van der Waals surface area contributed by atoms with Gasteiger partial charge in [0.15, 0.2) is 17.4 Å². The predicted molar refractivity (Wildman–Crippen MR) is 101 cm³/mol. The summed E-state index contributed by atoms with van der Waals surface area (Å²) in [4.78, 5) is 44.8. The van der Waals surface area contributed by atoms with E-state index in [1.165, 1.54) is 10.9 Å². The standard InChI is InChI=1S/C16H20F3N7O7/c17-16(18,19)14(31)22-2-1-21-7(28)4-32-10-9(29)6(3-27)33-13(10)26-5-23-8-11(26)24-15(20)25-12(8)30/h5-6,9-10,13,27,29H,1-4H2,(H,21,28)(H,22,31)(H3,20,24,25,30)/t6-,9-,10-,13-/m1/s1. The molecule has 14 nitrogen and oxygen atoms in total. The zero-order chi connectivity index (χ0) is 24.3. The molecule has 0 bridgehead atoms. The number of nitrogens with two attached hydrogens (primary N) is 1. The van der Waals surface area contributed by atoms with Crippen LogP contribution in [0.5, 0.6) is 0 Å². The van der Waals surface area contributed by atoms with Crippen LogP contribution in [0.1, 0.15) is 6.23 Å². The van der Waals surface area contributed by atoms with Crippen molar-refractivity contribution in [3.8, 4) is 0 Å². The number of aliphatic hydroxyl groups excluding tert-OH is 2. The van der Waals surface area contributed by atoms with E-state index in [9.17, 15) is 37.8 Å². The van der Waals surface area contributed by atoms with Gasteiger partial charge in [0.1, 0.15) is 24.9 Å². The maximum atomic E-state index is 12.1. The van der Waals surface area contributed by atoms with Gasteiger partial charge in [0, 0.05) is 13.1 Å². The van der Waals surface area contributed by atoms with Crippen molar-refractivity contribution in [2.45, 2.75) is 30.7 Å². The molecule has 1 aliphatic heterocycles. The minimum atomic E-state index is -5.04. The van der Waals surface area contributed by atoms with E-state index in [1.54, 1.807) is 5.32 Å². The number of nitrogen functional groups attached to an aromatic ring is 1. The number of fused-ring (bicyclic) bond motifs is 1. The Bertz CT molecular complexity index is 1070. The number of hydrogen-bond donors (Lipinski definition) is 6. The molecule has 1 saturated heterocycles. The number of nitrogens with one attached hydrogen (secondary N) is 3. The van der Waals surface area contributed by atoms with Gasteiger partial charge in [-0.05, 0) is 0 Å². The summed E-state index contributed by atoms with van der Waals surface area (Å²) in [5.41, 5.74) is 4.86. The van der Waals surface area contributed by atoms with Gasteiger partial charge in [-0.15, -0.1) is 0 Å². The van der Waals surface area contributed by atoms with Crippen LogP contribution in [-0.2, 0) is 19.1 Å². The van der Waals surface area contributed by atoms with Crippen molar-refractivity contribution in [1.82, 2.24) is 30.2 Å². The molecular formula is C16H20F3N7O7. The third-order valence-corrected chi connectivity index (χ3v) is 4.61. The normalized spacial score (nSPS) is 23.1. The largest absolute Gasteiger partial charge is 0.471 e. The summed E-state index contributed by atoms with van der Waals surface area (Å²) in [5, 5.41) is 23.7. The Morgan fingerprint density at radius 1 is 1.33 bits per heavy atom. The van der Waals surface area contributed by atoms with Crippen LogP contribution in [0.4, 0.5) is 19.1 Å². The molecule has 7 N–H and O–H groups in total. The fourth-order valence-corrected chi connectivity index (χ4v) is 3.10. The van der Waals surface area contributed by atoms with Gasteiger partial charge in [-0.3, -0.25) is 23.9 Å². The summed E-state index contributed by atoms with van der Waals surface area (Å²) in [6.07, 6.45) is -8.73. The zero-order valence-corrected chi connectivity index (χ0v) is 16.7. The predicted octanol–water partition coefficient (Wildman–Crippen LogP) is -2.87. The number of amides is 2. The molecule has 3 heterocycles. The van der Waals surface area contributed by atoms with Gasteiger partial charge >= 0.3 is 12.1 Å². The number of carbonyl (C=O) groups is 2. The average Bonchev–Trinajstić information content (AvgIpc) is 3.29. The van der Waals surface area contributed by atoms with Crippen LogP contribution >= 0.6 is 0 Å². The second-order valence-electron chi connectivity index (χ2n) is 6.89. The number of hydrogen-bond acceptors (Lipinski definition) is 10. The number of anilines is 1. The van der Waals surface area contributed by atoms with E-state index in [2.05, 4.69) is 20.3 Å². The fourth-order valence-electron chi connectivity index (χ4n) is 3.10. The van der Waals surface area contributed by atoms with Crippen LogP contribution in [0.15, 0.2) is 11.1 Å². The number of H-pyrrole nitrogens is 1. The number of aromatic nitrogens is 4. The van der Waals surface area contributed by atoms with Crippen molar-refractivity contribution in [3.05, 3.63) is 16.7 Å². The van der Waals surface area contributed by atoms with Crippen molar-refractivity contribution in [3.63, 3.8) is 0 Å². The van der Waals surface area contributed by atoms with Crippen LogP contribution in [0.25, 0.3) is 11.2 Å². The Hall–Kier alpha value is -3.28. The Kier molecular flexibility index (Phi) is 7.15. The highest BCUT2D eigenvalue weighted by Crippen LogP contribution is 2.33. The highest BCUT2D eigenvalue weighted by molar-refractivity contribution is 5.81. The van der Waals surface area contributed by atoms with Crippen LogP contribution in [-0.4, -0.2) is 92.3 Å². The van der Waals surface area contributed by atoms with Crippen molar-refractivity contribution in [1.29, 1.82) is 0 Å². The Balaban J connectivity index is 1.64. The molecule has 2 aromatic heterocycles. The number of ether oxygens (including phenoxy) is 2. The van der Waals surface area contributed by atoms with E-state index in [1.807, 2.05) is 0 Å². The summed E-state index contributed by atoms with van der Waals surface area (Å²) >= 11 is 0. The number of nitrogens with zero attached hydrogens (tertiary/aromatic N) is 3. The molecule has 0 unspecified atom stereocenters. The summed E-state index contributed by atoms with van der Waals surface area (Å²) < 4.78 is 48.6. The molecule has 2 aromatic rings. The molecule has 1 aliphatic rings. The third-order valence-electron chi connectivity index (χ3n) is 4.61. The van der Waals surface area contributed by atoms with Crippen LogP contribution in [0, 0.1) is 0 Å². The van der Waals surface area contributed by atoms with Gasteiger partial charge in [0.05, 0.1) is 12.9 Å². The molecule has 0 aromatic carbocycles. The van der Waals surface area contributed by atoms with Crippen molar-refractivity contribution >= 4 is 28.9 Å². The molecule has 0 spiro atoms. The molecule has 0 saturated carbocycles. The van der Waals surface area contributed by atoms with E-state index in [-0.39, 0.29) is 23.7 Å². The van der Waals surface area contributed by atoms with E-state index in [0.29, 0.717) is 0 Å². The van der Waals surface area contributed by atoms with Crippen molar-refractivity contribution in [2.75, 3.05) is 32.0 Å². The highest BCUT2D eigenvalue weighted by Gasteiger charge is 2.46. The second kappa shape index (κ2) is 9.69. The van der Waals surface area contributed by atoms with E-state index in [4.69, 9.17) is 15.2 Å². The van der Waals surface area contributed by atoms with Gasteiger partial charge in [0.25, 0.3) is 5.56 Å². The molecule has 1 fully saturated rings. The lowest BCUT2D eigenvalue weighted by molar-refractivity contribution is -0.173. The first-order valence-electron chi connectivity index (χ1n) is 9.43. The second-order valence-corrected chi connectivity index (χ2v) is 6.89. The number of aliphatic hydroxyl groups is 2. The molecule has 33 heavy (non-hydrogen) atoms. The first kappa shape index (κ1) is 24.4. The minimum Gasteiger partial charge on any atom is -0.394 e. The molecule has 2 amide bonds. The van der Waals surface area contributed by atoms with Gasteiger partial charge in [-0.25, -0.2) is 4.98 Å². The van der Waals surface area contributed by atoms with E-state index in [0.717, 1.165) is 0 Å². The number of aromatic amines is 1. The summed E-state index contributed by atoms with van der Waals surface area (Å²) in [5.74, 6) is -3.11. The van der Waals surface area contributed by atoms with Gasteiger partial charge in [0.2, 0.25) is 11.9 Å². The monoisotopic (exact) mass is 479 g/mol. The van der Waals surface area contributed by atoms with Crippen molar-refractivity contribution in [2.24, 2.45) is 0 Å². The maximum absolute atomic E-state index is 12.1. The lowest BCUT2D eigenvalue weighted by Gasteiger charge is -2.22. The SMILES string of the molecule is Nc1nc2c(ncn2[C@@H]2O[C@H](CO)[C@@H](O)[C@H]2OCC(=O)NCCNC(=O)C(F)(F)F)c(=O)[nH]1. The first-order valence-corrected chi connectivity index (χ1v) is 9.43. The highest BCUT2D eigenvalue weighted by atomic mass is 19.4. The lowest BCUT2D eigenvalue weighted by atomic mass is 10.1. The molecule has 3 rings (SSSR count). The lowest BCUT2D eigenvalue weighted by Crippen LogP contribution is -2.42. The molecule has 182 valence electrons. The van der Waals surface area contributed by atoms with Crippen LogP contribution in [0.2, 0.25) is 0 Å². The molecule has 0 radical (unpaired) electrons. The first-order chi connectivity index (χ1) is 15.5. The number of halogens is 3. The van der Waals surface area contributed by atoms with Crippen LogP contribution < -0.4 is 21.9 Å². The summed E-state index contributed by atoms with van der Waals surface area (Å²) in [6, 6.07) is 0. The molecule has 4 atom stereocenters. The number of carbonyl (C=O) groups excluding carboxylic acids is 2. The summed E-state index contributed by atoms with van der Waals surface area (Å²) in [6.45, 7) is -2.02. The van der Waals surface area contributed by atoms with E-state index >= 15 is 0 Å². The van der Waals surface area contributed by atoms with E-state index < -0.39 is 67.8 Å². The van der Waals surface area contributed by atoms with Gasteiger partial charge in [-0.1, -0.05) is 0 Å². The topological polar surface area (TPSA) is 207 Å². The third kappa shape index (κ3) is 5.38. The quantitative estimate of drug-likeness (QED) is 0.213. The maximum Gasteiger partial charge on any atom is 0.471 e. The number of rotatable bonds is 8. The van der Waals surface area contributed by atoms with Gasteiger partial charge < -0.3 is 36.1 Å². The Morgan fingerprint density at radius 2 is 2.03 bits per heavy atom. The Labute approximate surface area is 181 Å².